The second-order valence-corrected chi connectivity index (χ2v) is 8.02. The normalized spacial score (nSPS) is 23.8. The van der Waals surface area contributed by atoms with Crippen LogP contribution in [0, 0.1) is 5.92 Å². The monoisotopic (exact) mass is 388 g/mol. The Labute approximate surface area is 169 Å². The largest absolute Gasteiger partial charge is 0.381 e. The molecule has 2 atom stereocenters. The summed E-state index contributed by atoms with van der Waals surface area (Å²) in [6, 6.07) is 8.82. The summed E-state index contributed by atoms with van der Waals surface area (Å²) in [5, 5.41) is 3.42. The van der Waals surface area contributed by atoms with Crippen molar-refractivity contribution >= 4 is 5.96 Å². The van der Waals surface area contributed by atoms with E-state index in [1.807, 2.05) is 0 Å². The number of hydrogen-bond acceptors (Lipinski definition) is 4. The average Bonchev–Trinajstić information content (AvgIpc) is 3.18. The summed E-state index contributed by atoms with van der Waals surface area (Å²) in [4.78, 5) is 9.59. The summed E-state index contributed by atoms with van der Waals surface area (Å²) in [5.41, 5.74) is 2.61. The first-order valence-corrected chi connectivity index (χ1v) is 10.6. The van der Waals surface area contributed by atoms with Crippen LogP contribution in [-0.4, -0.2) is 74.9 Å². The Kier molecular flexibility index (Phi) is 8.13. The number of guanidine groups is 1. The van der Waals surface area contributed by atoms with E-state index < -0.39 is 0 Å². The van der Waals surface area contributed by atoms with E-state index in [1.165, 1.54) is 11.1 Å². The number of hydrogen-bond donors (Lipinski definition) is 1. The lowest BCUT2D eigenvalue weighted by Gasteiger charge is -2.31. The Balaban J connectivity index is 1.58. The van der Waals surface area contributed by atoms with Crippen molar-refractivity contribution in [2.45, 2.75) is 39.5 Å². The third-order valence-electron chi connectivity index (χ3n) is 5.39. The summed E-state index contributed by atoms with van der Waals surface area (Å²) in [7, 11) is 2.12. The predicted molar refractivity (Wildman–Crippen MR) is 114 cm³/mol. The molecule has 3 rings (SSSR count). The molecule has 28 heavy (non-hydrogen) atoms. The summed E-state index contributed by atoms with van der Waals surface area (Å²) >= 11 is 0. The van der Waals surface area contributed by atoms with E-state index in [1.54, 1.807) is 0 Å². The summed E-state index contributed by atoms with van der Waals surface area (Å²) in [6.45, 7) is 12.4. The number of morpholine rings is 1. The molecule has 1 N–H and O–H groups in total. The molecule has 0 spiro atoms. The summed E-state index contributed by atoms with van der Waals surface area (Å²) in [5.74, 6) is 1.58. The molecule has 6 heteroatoms. The van der Waals surface area contributed by atoms with E-state index in [0.29, 0.717) is 18.6 Å². The second kappa shape index (κ2) is 10.8. The van der Waals surface area contributed by atoms with Crippen molar-refractivity contribution in [2.75, 3.05) is 53.0 Å². The molecule has 0 aliphatic carbocycles. The van der Waals surface area contributed by atoms with Crippen LogP contribution in [0.4, 0.5) is 0 Å². The number of nitrogens with zero attached hydrogens (tertiary/aromatic N) is 3. The Bertz CT molecular complexity index is 631. The van der Waals surface area contributed by atoms with E-state index in [0.717, 1.165) is 64.9 Å². The van der Waals surface area contributed by atoms with E-state index in [-0.39, 0.29) is 0 Å². The van der Waals surface area contributed by atoms with Gasteiger partial charge in [-0.05, 0) is 31.4 Å². The molecule has 2 aliphatic heterocycles. The van der Waals surface area contributed by atoms with Crippen LogP contribution in [0.2, 0.25) is 0 Å². The second-order valence-electron chi connectivity index (χ2n) is 8.02. The number of nitrogens with one attached hydrogen (secondary N) is 1. The quantitative estimate of drug-likeness (QED) is 0.574. The van der Waals surface area contributed by atoms with Gasteiger partial charge in [0.25, 0.3) is 0 Å². The maximum absolute atomic E-state index is 5.65. The molecule has 2 saturated heterocycles. The first kappa shape index (κ1) is 21.1. The Hall–Kier alpha value is -1.63. The zero-order valence-corrected chi connectivity index (χ0v) is 17.7. The van der Waals surface area contributed by atoms with Gasteiger partial charge in [-0.2, -0.15) is 0 Å². The van der Waals surface area contributed by atoms with Gasteiger partial charge in [0.1, 0.15) is 0 Å². The molecule has 1 aromatic rings. The van der Waals surface area contributed by atoms with Crippen molar-refractivity contribution in [1.82, 2.24) is 15.1 Å². The Morgan fingerprint density at radius 2 is 2.18 bits per heavy atom. The Morgan fingerprint density at radius 1 is 1.32 bits per heavy atom. The van der Waals surface area contributed by atoms with Gasteiger partial charge in [0.05, 0.1) is 25.9 Å². The minimum Gasteiger partial charge on any atom is -0.381 e. The fourth-order valence-corrected chi connectivity index (χ4v) is 3.96. The number of ether oxygens (including phenoxy) is 2. The van der Waals surface area contributed by atoms with Crippen molar-refractivity contribution in [3.05, 3.63) is 35.4 Å². The molecule has 2 heterocycles. The van der Waals surface area contributed by atoms with Gasteiger partial charge in [0, 0.05) is 52.3 Å². The van der Waals surface area contributed by atoms with Crippen LogP contribution in [0.5, 0.6) is 0 Å². The van der Waals surface area contributed by atoms with Gasteiger partial charge in [0.15, 0.2) is 5.96 Å². The van der Waals surface area contributed by atoms with Crippen molar-refractivity contribution in [3.8, 4) is 0 Å². The smallest absolute Gasteiger partial charge is 0.193 e. The molecule has 6 nitrogen and oxygen atoms in total. The van der Waals surface area contributed by atoms with Crippen LogP contribution in [0.25, 0.3) is 0 Å². The highest BCUT2D eigenvalue weighted by molar-refractivity contribution is 5.79. The lowest BCUT2D eigenvalue weighted by Crippen LogP contribution is -2.41. The number of rotatable bonds is 7. The molecule has 0 bridgehead atoms. The fourth-order valence-electron chi connectivity index (χ4n) is 3.96. The predicted octanol–water partition coefficient (Wildman–Crippen LogP) is 2.34. The van der Waals surface area contributed by atoms with Gasteiger partial charge in [-0.3, -0.25) is 4.90 Å². The molecule has 0 aromatic heterocycles. The maximum atomic E-state index is 5.65. The van der Waals surface area contributed by atoms with Crippen molar-refractivity contribution in [1.29, 1.82) is 0 Å². The van der Waals surface area contributed by atoms with Gasteiger partial charge in [-0.25, -0.2) is 4.99 Å². The van der Waals surface area contributed by atoms with Crippen LogP contribution < -0.4 is 5.32 Å². The number of aliphatic imine (C=N–C) groups is 1. The minimum absolute atomic E-state index is 0.324. The molecule has 1 aromatic carbocycles. The lowest BCUT2D eigenvalue weighted by molar-refractivity contribution is -0.0212. The SMILES string of the molecule is CCNC(=NCc1cccc(CN2CCOC(C)C2)c1)N(C)CC1CCOC1. The van der Waals surface area contributed by atoms with Crippen LogP contribution in [0.15, 0.2) is 29.3 Å². The molecular weight excluding hydrogens is 352 g/mol. The third-order valence-corrected chi connectivity index (χ3v) is 5.39. The topological polar surface area (TPSA) is 49.3 Å². The fraction of sp³-hybridized carbons (Fsp3) is 0.682. The van der Waals surface area contributed by atoms with E-state index >= 15 is 0 Å². The highest BCUT2D eigenvalue weighted by Gasteiger charge is 2.19. The van der Waals surface area contributed by atoms with Crippen LogP contribution in [-0.2, 0) is 22.6 Å². The van der Waals surface area contributed by atoms with Crippen LogP contribution >= 0.6 is 0 Å². The maximum Gasteiger partial charge on any atom is 0.193 e. The molecule has 0 radical (unpaired) electrons. The molecule has 2 aliphatic rings. The molecule has 0 amide bonds. The molecular formula is C22H36N4O2. The van der Waals surface area contributed by atoms with Gasteiger partial charge in [-0.1, -0.05) is 24.3 Å². The lowest BCUT2D eigenvalue weighted by atomic mass is 10.1. The van der Waals surface area contributed by atoms with Crippen molar-refractivity contribution in [2.24, 2.45) is 10.9 Å². The van der Waals surface area contributed by atoms with E-state index in [4.69, 9.17) is 14.5 Å². The van der Waals surface area contributed by atoms with Gasteiger partial charge in [0.2, 0.25) is 0 Å². The summed E-state index contributed by atoms with van der Waals surface area (Å²) < 4.78 is 11.2. The van der Waals surface area contributed by atoms with E-state index in [2.05, 4.69) is 60.3 Å². The zero-order chi connectivity index (χ0) is 19.8. The minimum atomic E-state index is 0.324. The Morgan fingerprint density at radius 3 is 2.93 bits per heavy atom. The van der Waals surface area contributed by atoms with Gasteiger partial charge in [-0.15, -0.1) is 0 Å². The standard InChI is InChI=1S/C22H36N4O2/c1-4-23-22(25(3)15-21-8-10-27-17-21)24-13-19-6-5-7-20(12-19)16-26-9-11-28-18(2)14-26/h5-7,12,18,21H,4,8-11,13-17H2,1-3H3,(H,23,24). The molecule has 2 unspecified atom stereocenters. The molecule has 156 valence electrons. The number of benzene rings is 1. The van der Waals surface area contributed by atoms with Crippen molar-refractivity contribution < 1.29 is 9.47 Å². The molecule has 0 saturated carbocycles. The highest BCUT2D eigenvalue weighted by atomic mass is 16.5. The third kappa shape index (κ3) is 6.47. The molecule has 2 fully saturated rings. The van der Waals surface area contributed by atoms with Crippen LogP contribution in [0.1, 0.15) is 31.4 Å². The summed E-state index contributed by atoms with van der Waals surface area (Å²) in [6.07, 6.45) is 1.47. The van der Waals surface area contributed by atoms with Gasteiger partial charge >= 0.3 is 0 Å². The van der Waals surface area contributed by atoms with Gasteiger partial charge < -0.3 is 19.7 Å². The highest BCUT2D eigenvalue weighted by Crippen LogP contribution is 2.15. The van der Waals surface area contributed by atoms with Crippen molar-refractivity contribution in [3.63, 3.8) is 0 Å². The zero-order valence-electron chi connectivity index (χ0n) is 17.7. The van der Waals surface area contributed by atoms with Crippen LogP contribution in [0.3, 0.4) is 0 Å². The first-order chi connectivity index (χ1) is 13.6. The average molecular weight is 389 g/mol. The first-order valence-electron chi connectivity index (χ1n) is 10.6. The van der Waals surface area contributed by atoms with E-state index in [9.17, 15) is 0 Å².